The first kappa shape index (κ1) is 14.0. The van der Waals surface area contributed by atoms with Gasteiger partial charge in [0.2, 0.25) is 0 Å². The second-order valence-corrected chi connectivity index (χ2v) is 5.00. The first-order valence-corrected chi connectivity index (χ1v) is 6.71. The number of methoxy groups -OCH3 is 1. The number of para-hydroxylation sites is 1. The molecule has 0 atom stereocenters. The maximum Gasteiger partial charge on any atom is 0.339 e. The summed E-state index contributed by atoms with van der Waals surface area (Å²) < 4.78 is 4.72. The van der Waals surface area contributed by atoms with Gasteiger partial charge in [0.15, 0.2) is 0 Å². The van der Waals surface area contributed by atoms with Gasteiger partial charge in [-0.1, -0.05) is 23.8 Å². The third-order valence-electron chi connectivity index (χ3n) is 3.59. The van der Waals surface area contributed by atoms with Crippen molar-refractivity contribution in [3.63, 3.8) is 0 Å². The lowest BCUT2D eigenvalue weighted by Crippen LogP contribution is -2.31. The summed E-state index contributed by atoms with van der Waals surface area (Å²) in [6.45, 7) is 1.85. The van der Waals surface area contributed by atoms with Crippen molar-refractivity contribution in [1.29, 1.82) is 0 Å². The number of anilines is 1. The molecule has 0 saturated carbocycles. The molecule has 0 saturated heterocycles. The smallest absolute Gasteiger partial charge is 0.339 e. The number of carbonyl (C=O) groups excluding carboxylic acids is 3. The van der Waals surface area contributed by atoms with Gasteiger partial charge in [0.1, 0.15) is 0 Å². The van der Waals surface area contributed by atoms with Gasteiger partial charge in [-0.2, -0.15) is 0 Å². The largest absolute Gasteiger partial charge is 0.465 e. The van der Waals surface area contributed by atoms with E-state index >= 15 is 0 Å². The molecule has 22 heavy (non-hydrogen) atoms. The molecule has 0 aliphatic carbocycles. The number of rotatable bonds is 2. The fourth-order valence-electron chi connectivity index (χ4n) is 2.52. The lowest BCUT2D eigenvalue weighted by molar-refractivity contribution is 0.0601. The summed E-state index contributed by atoms with van der Waals surface area (Å²) in [6.07, 6.45) is 0. The fourth-order valence-corrected chi connectivity index (χ4v) is 2.52. The number of aryl methyl sites for hydroxylation is 1. The van der Waals surface area contributed by atoms with Crippen LogP contribution in [0.5, 0.6) is 0 Å². The highest BCUT2D eigenvalue weighted by Crippen LogP contribution is 2.31. The number of ether oxygens (including phenoxy) is 1. The van der Waals surface area contributed by atoms with E-state index in [0.717, 1.165) is 10.5 Å². The van der Waals surface area contributed by atoms with E-state index in [1.807, 2.05) is 6.92 Å². The first-order valence-electron chi connectivity index (χ1n) is 6.71. The third-order valence-corrected chi connectivity index (χ3v) is 3.59. The lowest BCUT2D eigenvalue weighted by atomic mass is 10.1. The molecule has 0 unspecified atom stereocenters. The predicted molar refractivity (Wildman–Crippen MR) is 80.1 cm³/mol. The van der Waals surface area contributed by atoms with Gasteiger partial charge in [0.25, 0.3) is 11.8 Å². The number of esters is 1. The van der Waals surface area contributed by atoms with Crippen molar-refractivity contribution in [3.05, 3.63) is 64.7 Å². The highest BCUT2D eigenvalue weighted by Gasteiger charge is 2.38. The maximum absolute atomic E-state index is 12.6. The zero-order valence-corrected chi connectivity index (χ0v) is 12.1. The van der Waals surface area contributed by atoms with Gasteiger partial charge in [-0.15, -0.1) is 0 Å². The number of hydrogen-bond acceptors (Lipinski definition) is 4. The molecular weight excluding hydrogens is 282 g/mol. The third kappa shape index (κ3) is 1.98. The molecule has 2 aromatic carbocycles. The summed E-state index contributed by atoms with van der Waals surface area (Å²) in [5.74, 6) is -1.46. The van der Waals surface area contributed by atoms with Crippen LogP contribution in [0.1, 0.15) is 36.6 Å². The molecule has 0 aromatic heterocycles. The summed E-state index contributed by atoms with van der Waals surface area (Å²) in [6, 6.07) is 11.5. The molecule has 3 rings (SSSR count). The lowest BCUT2D eigenvalue weighted by Gasteiger charge is -2.16. The minimum absolute atomic E-state index is 0.177. The van der Waals surface area contributed by atoms with Crippen LogP contribution >= 0.6 is 0 Å². The highest BCUT2D eigenvalue weighted by atomic mass is 16.5. The van der Waals surface area contributed by atoms with Crippen molar-refractivity contribution in [3.8, 4) is 0 Å². The van der Waals surface area contributed by atoms with Gasteiger partial charge >= 0.3 is 5.97 Å². The minimum Gasteiger partial charge on any atom is -0.465 e. The standard InChI is InChI=1S/C17H13NO4/c1-10-7-8-11-13(9-10)16(20)18(15(11)19)14-6-4-3-5-12(14)17(21)22-2/h3-9H,1-2H3. The minimum atomic E-state index is -0.594. The van der Waals surface area contributed by atoms with Crippen LogP contribution in [0, 0.1) is 6.92 Å². The Labute approximate surface area is 127 Å². The Balaban J connectivity index is 2.14. The molecule has 110 valence electrons. The predicted octanol–water partition coefficient (Wildman–Crippen LogP) is 2.58. The average molecular weight is 295 g/mol. The molecule has 5 heteroatoms. The number of hydrogen-bond donors (Lipinski definition) is 0. The van der Waals surface area contributed by atoms with Crippen LogP contribution in [0.25, 0.3) is 0 Å². The van der Waals surface area contributed by atoms with Crippen LogP contribution in [0.15, 0.2) is 42.5 Å². The first-order chi connectivity index (χ1) is 10.5. The van der Waals surface area contributed by atoms with Crippen LogP contribution in [0.4, 0.5) is 5.69 Å². The summed E-state index contributed by atoms with van der Waals surface area (Å²) in [5.41, 5.74) is 2.00. The normalized spacial score (nSPS) is 13.3. The average Bonchev–Trinajstić information content (AvgIpc) is 2.77. The van der Waals surface area contributed by atoms with E-state index in [2.05, 4.69) is 0 Å². The second kappa shape index (κ2) is 5.11. The zero-order chi connectivity index (χ0) is 15.9. The molecule has 2 amide bonds. The number of amides is 2. The molecule has 0 N–H and O–H groups in total. The molecule has 1 aliphatic rings. The number of imide groups is 1. The van der Waals surface area contributed by atoms with Gasteiger partial charge in [-0.05, 0) is 31.2 Å². The van der Waals surface area contributed by atoms with E-state index in [0.29, 0.717) is 11.1 Å². The van der Waals surface area contributed by atoms with Gasteiger partial charge in [-0.3, -0.25) is 9.59 Å². The molecular formula is C17H13NO4. The maximum atomic E-state index is 12.6. The topological polar surface area (TPSA) is 63.7 Å². The highest BCUT2D eigenvalue weighted by molar-refractivity contribution is 6.35. The van der Waals surface area contributed by atoms with Crippen LogP contribution in [-0.2, 0) is 4.74 Å². The van der Waals surface area contributed by atoms with E-state index in [9.17, 15) is 14.4 Å². The van der Waals surface area contributed by atoms with Gasteiger partial charge in [-0.25, -0.2) is 9.69 Å². The van der Waals surface area contributed by atoms with Gasteiger partial charge in [0, 0.05) is 0 Å². The molecule has 5 nitrogen and oxygen atoms in total. The van der Waals surface area contributed by atoms with E-state index < -0.39 is 17.8 Å². The number of nitrogens with zero attached hydrogens (tertiary/aromatic N) is 1. The Bertz CT molecular complexity index is 810. The Kier molecular flexibility index (Phi) is 3.25. The van der Waals surface area contributed by atoms with E-state index in [1.165, 1.54) is 13.2 Å². The molecule has 0 bridgehead atoms. The number of carbonyl (C=O) groups is 3. The fraction of sp³-hybridized carbons (Fsp3) is 0.118. The molecule has 1 heterocycles. The van der Waals surface area contributed by atoms with Crippen LogP contribution in [0.2, 0.25) is 0 Å². The summed E-state index contributed by atoms with van der Waals surface area (Å²) in [4.78, 5) is 38.0. The van der Waals surface area contributed by atoms with Crippen LogP contribution < -0.4 is 4.90 Å². The Hall–Kier alpha value is -2.95. The van der Waals surface area contributed by atoms with Crippen molar-refractivity contribution >= 4 is 23.5 Å². The van der Waals surface area contributed by atoms with E-state index in [1.54, 1.807) is 36.4 Å². The summed E-state index contributed by atoms with van der Waals surface area (Å²) in [7, 11) is 1.25. The number of benzene rings is 2. The number of fused-ring (bicyclic) bond motifs is 1. The van der Waals surface area contributed by atoms with Crippen molar-refractivity contribution in [1.82, 2.24) is 0 Å². The van der Waals surface area contributed by atoms with Crippen molar-refractivity contribution in [2.45, 2.75) is 6.92 Å². The summed E-state index contributed by atoms with van der Waals surface area (Å²) >= 11 is 0. The molecule has 0 radical (unpaired) electrons. The van der Waals surface area contributed by atoms with Gasteiger partial charge < -0.3 is 4.74 Å². The van der Waals surface area contributed by atoms with E-state index in [4.69, 9.17) is 4.74 Å². The summed E-state index contributed by atoms with van der Waals surface area (Å²) in [5, 5.41) is 0. The second-order valence-electron chi connectivity index (χ2n) is 5.00. The van der Waals surface area contributed by atoms with Crippen molar-refractivity contribution in [2.24, 2.45) is 0 Å². The van der Waals surface area contributed by atoms with Crippen LogP contribution in [0.3, 0.4) is 0 Å². The van der Waals surface area contributed by atoms with Gasteiger partial charge in [0.05, 0.1) is 29.5 Å². The molecule has 0 fully saturated rings. The molecule has 1 aliphatic heterocycles. The Morgan fingerprint density at radius 2 is 1.68 bits per heavy atom. The SMILES string of the molecule is COC(=O)c1ccccc1N1C(=O)c2ccc(C)cc2C1=O. The van der Waals surface area contributed by atoms with Crippen LogP contribution in [-0.4, -0.2) is 24.9 Å². The molecule has 0 spiro atoms. The molecule has 2 aromatic rings. The van der Waals surface area contributed by atoms with Crippen molar-refractivity contribution < 1.29 is 19.1 Å². The quantitative estimate of drug-likeness (QED) is 0.631. The Morgan fingerprint density at radius 3 is 2.41 bits per heavy atom. The zero-order valence-electron chi connectivity index (χ0n) is 12.1. The van der Waals surface area contributed by atoms with E-state index in [-0.39, 0.29) is 11.3 Å². The Morgan fingerprint density at radius 1 is 1.00 bits per heavy atom. The van der Waals surface area contributed by atoms with Crippen molar-refractivity contribution in [2.75, 3.05) is 12.0 Å². The monoisotopic (exact) mass is 295 g/mol.